The van der Waals surface area contributed by atoms with Crippen molar-refractivity contribution in [3.63, 3.8) is 0 Å². The van der Waals surface area contributed by atoms with Crippen LogP contribution in [0.2, 0.25) is 10.3 Å². The third-order valence-corrected chi connectivity index (χ3v) is 4.85. The van der Waals surface area contributed by atoms with Crippen LogP contribution >= 0.6 is 23.2 Å². The molecule has 0 bridgehead atoms. The van der Waals surface area contributed by atoms with Gasteiger partial charge >= 0.3 is 0 Å². The molecule has 23 heavy (non-hydrogen) atoms. The van der Waals surface area contributed by atoms with Gasteiger partial charge in [-0.1, -0.05) is 23.2 Å². The normalized spacial score (nSPS) is 11.6. The largest absolute Gasteiger partial charge is 0.479 e. The van der Waals surface area contributed by atoms with Gasteiger partial charge in [0.2, 0.25) is 5.88 Å². The van der Waals surface area contributed by atoms with Gasteiger partial charge in [-0.15, -0.1) is 0 Å². The van der Waals surface area contributed by atoms with Crippen LogP contribution in [0.5, 0.6) is 5.88 Å². The molecular formula is C13H10Cl2N4O3S. The molecule has 3 rings (SSSR count). The number of aromatic amines is 1. The molecule has 120 valence electrons. The first-order valence-corrected chi connectivity index (χ1v) is 8.51. The first-order chi connectivity index (χ1) is 10.9. The summed E-state index contributed by atoms with van der Waals surface area (Å²) >= 11 is 11.6. The van der Waals surface area contributed by atoms with E-state index >= 15 is 0 Å². The lowest BCUT2D eigenvalue weighted by Crippen LogP contribution is -2.13. The van der Waals surface area contributed by atoms with Crippen LogP contribution in [-0.4, -0.2) is 30.5 Å². The first kappa shape index (κ1) is 15.9. The lowest BCUT2D eigenvalue weighted by Gasteiger charge is -2.10. The van der Waals surface area contributed by atoms with Crippen LogP contribution < -0.4 is 9.46 Å². The third-order valence-electron chi connectivity index (χ3n) is 3.02. The standard InChI is InChI=1S/C13H10Cl2N4O3S/c1-22-13-8(3-5-11(15)18-13)19-23(20,21)9-6-16-12-7(9)2-4-10(14)17-12/h2-6,19H,1H3,(H,16,17). The fourth-order valence-electron chi connectivity index (χ4n) is 2.03. The molecule has 0 saturated heterocycles. The highest BCUT2D eigenvalue weighted by Gasteiger charge is 2.21. The maximum Gasteiger partial charge on any atom is 0.264 e. The number of hydrogen-bond donors (Lipinski definition) is 2. The summed E-state index contributed by atoms with van der Waals surface area (Å²) in [6.07, 6.45) is 1.34. The third kappa shape index (κ3) is 3.05. The number of pyridine rings is 2. The number of aromatic nitrogens is 3. The molecule has 3 heterocycles. The molecule has 0 aliphatic carbocycles. The van der Waals surface area contributed by atoms with Gasteiger partial charge in [0.15, 0.2) is 0 Å². The Kier molecular flexibility index (Phi) is 4.05. The van der Waals surface area contributed by atoms with Gasteiger partial charge < -0.3 is 9.72 Å². The number of rotatable bonds is 4. The Hall–Kier alpha value is -2.03. The number of methoxy groups -OCH3 is 1. The van der Waals surface area contributed by atoms with Crippen LogP contribution in [0.4, 0.5) is 5.69 Å². The van der Waals surface area contributed by atoms with E-state index in [4.69, 9.17) is 27.9 Å². The summed E-state index contributed by atoms with van der Waals surface area (Å²) < 4.78 is 32.7. The van der Waals surface area contributed by atoms with Crippen molar-refractivity contribution in [2.24, 2.45) is 0 Å². The summed E-state index contributed by atoms with van der Waals surface area (Å²) in [5, 5.41) is 0.873. The minimum atomic E-state index is -3.88. The highest BCUT2D eigenvalue weighted by molar-refractivity contribution is 7.93. The van der Waals surface area contributed by atoms with Crippen molar-refractivity contribution in [1.29, 1.82) is 0 Å². The molecule has 7 nitrogen and oxygen atoms in total. The van der Waals surface area contributed by atoms with E-state index in [1.165, 1.54) is 31.5 Å². The topological polar surface area (TPSA) is 97.0 Å². The molecule has 3 aromatic rings. The minimum Gasteiger partial charge on any atom is -0.479 e. The molecule has 0 spiro atoms. The number of sulfonamides is 1. The van der Waals surface area contributed by atoms with Gasteiger partial charge in [0, 0.05) is 11.6 Å². The lowest BCUT2D eigenvalue weighted by molar-refractivity contribution is 0.400. The van der Waals surface area contributed by atoms with Crippen LogP contribution in [0.25, 0.3) is 11.0 Å². The molecule has 0 radical (unpaired) electrons. The SMILES string of the molecule is COc1nc(Cl)ccc1NS(=O)(=O)c1c[nH]c2nc(Cl)ccc12. The number of nitrogens with one attached hydrogen (secondary N) is 2. The molecule has 0 fully saturated rings. The fraction of sp³-hybridized carbons (Fsp3) is 0.0769. The predicted molar refractivity (Wildman–Crippen MR) is 87.7 cm³/mol. The molecule has 0 aliphatic heterocycles. The molecule has 0 amide bonds. The average Bonchev–Trinajstić information content (AvgIpc) is 2.92. The number of ether oxygens (including phenoxy) is 1. The van der Waals surface area contributed by atoms with Crippen molar-refractivity contribution in [2.75, 3.05) is 11.8 Å². The highest BCUT2D eigenvalue weighted by Crippen LogP contribution is 2.29. The molecule has 0 saturated carbocycles. The average molecular weight is 373 g/mol. The Labute approximate surface area is 141 Å². The van der Waals surface area contributed by atoms with Crippen molar-refractivity contribution in [1.82, 2.24) is 15.0 Å². The van der Waals surface area contributed by atoms with Crippen molar-refractivity contribution >= 4 is 49.9 Å². The summed E-state index contributed by atoms with van der Waals surface area (Å²) in [6.45, 7) is 0. The highest BCUT2D eigenvalue weighted by atomic mass is 35.5. The van der Waals surface area contributed by atoms with E-state index in [1.807, 2.05) is 0 Å². The quantitative estimate of drug-likeness (QED) is 0.685. The minimum absolute atomic E-state index is 0.0358. The maximum atomic E-state index is 12.6. The van der Waals surface area contributed by atoms with Crippen LogP contribution in [0.15, 0.2) is 35.4 Å². The first-order valence-electron chi connectivity index (χ1n) is 6.28. The van der Waals surface area contributed by atoms with E-state index in [2.05, 4.69) is 19.7 Å². The number of nitrogens with zero attached hydrogens (tertiary/aromatic N) is 2. The molecule has 3 aromatic heterocycles. The van der Waals surface area contributed by atoms with Gasteiger partial charge in [0.1, 0.15) is 26.5 Å². The van der Waals surface area contributed by atoms with E-state index in [-0.39, 0.29) is 26.8 Å². The molecular weight excluding hydrogens is 363 g/mol. The monoisotopic (exact) mass is 372 g/mol. The molecule has 0 atom stereocenters. The summed E-state index contributed by atoms with van der Waals surface area (Å²) in [4.78, 5) is 10.7. The smallest absolute Gasteiger partial charge is 0.264 e. The van der Waals surface area contributed by atoms with E-state index in [9.17, 15) is 8.42 Å². The van der Waals surface area contributed by atoms with Crippen molar-refractivity contribution in [3.05, 3.63) is 40.8 Å². The van der Waals surface area contributed by atoms with Gasteiger partial charge in [0.25, 0.3) is 10.0 Å². The Morgan fingerprint density at radius 3 is 2.57 bits per heavy atom. The van der Waals surface area contributed by atoms with Crippen LogP contribution in [0.1, 0.15) is 0 Å². The Bertz CT molecular complexity index is 988. The zero-order valence-electron chi connectivity index (χ0n) is 11.7. The van der Waals surface area contributed by atoms with Gasteiger partial charge in [-0.05, 0) is 24.3 Å². The number of H-pyrrole nitrogens is 1. The van der Waals surface area contributed by atoms with Gasteiger partial charge in [-0.25, -0.2) is 13.4 Å². The zero-order chi connectivity index (χ0) is 16.6. The van der Waals surface area contributed by atoms with Gasteiger partial charge in [-0.2, -0.15) is 4.98 Å². The fourth-order valence-corrected chi connectivity index (χ4v) is 3.54. The van der Waals surface area contributed by atoms with Crippen LogP contribution in [-0.2, 0) is 10.0 Å². The Balaban J connectivity index is 2.04. The van der Waals surface area contributed by atoms with Gasteiger partial charge in [0.05, 0.1) is 7.11 Å². The van der Waals surface area contributed by atoms with E-state index in [0.717, 1.165) is 0 Å². The van der Waals surface area contributed by atoms with E-state index < -0.39 is 10.0 Å². The second kappa shape index (κ2) is 5.88. The molecule has 2 N–H and O–H groups in total. The second-order valence-corrected chi connectivity index (χ2v) is 6.90. The van der Waals surface area contributed by atoms with E-state index in [0.29, 0.717) is 11.0 Å². The lowest BCUT2D eigenvalue weighted by atomic mass is 10.3. The summed E-state index contributed by atoms with van der Waals surface area (Å²) in [7, 11) is -2.51. The van der Waals surface area contributed by atoms with Crippen LogP contribution in [0.3, 0.4) is 0 Å². The molecule has 0 aliphatic rings. The molecule has 10 heteroatoms. The zero-order valence-corrected chi connectivity index (χ0v) is 14.0. The Morgan fingerprint density at radius 2 is 1.83 bits per heavy atom. The van der Waals surface area contributed by atoms with Crippen LogP contribution in [0, 0.1) is 0 Å². The van der Waals surface area contributed by atoms with Crippen molar-refractivity contribution in [2.45, 2.75) is 4.90 Å². The second-order valence-electron chi connectivity index (χ2n) is 4.48. The molecule has 0 aromatic carbocycles. The number of fused-ring (bicyclic) bond motifs is 1. The number of anilines is 1. The van der Waals surface area contributed by atoms with Gasteiger partial charge in [-0.3, -0.25) is 4.72 Å². The maximum absolute atomic E-state index is 12.6. The Morgan fingerprint density at radius 1 is 1.13 bits per heavy atom. The number of halogens is 2. The summed E-state index contributed by atoms with van der Waals surface area (Å²) in [6, 6.07) is 6.02. The van der Waals surface area contributed by atoms with Crippen molar-refractivity contribution < 1.29 is 13.2 Å². The van der Waals surface area contributed by atoms with E-state index in [1.54, 1.807) is 6.07 Å². The summed E-state index contributed by atoms with van der Waals surface area (Å²) in [5.41, 5.74) is 0.548. The predicted octanol–water partition coefficient (Wildman–Crippen LogP) is 3.07. The number of hydrogen-bond acceptors (Lipinski definition) is 5. The molecule has 0 unspecified atom stereocenters. The summed E-state index contributed by atoms with van der Waals surface area (Å²) in [5.74, 6) is 0.0714. The van der Waals surface area contributed by atoms with Crippen molar-refractivity contribution in [3.8, 4) is 5.88 Å².